The van der Waals surface area contributed by atoms with Crippen LogP contribution in [-0.4, -0.2) is 28.6 Å². The molecule has 0 unspecified atom stereocenters. The predicted octanol–water partition coefficient (Wildman–Crippen LogP) is -0.206. The van der Waals surface area contributed by atoms with E-state index < -0.39 is 12.0 Å². The van der Waals surface area contributed by atoms with E-state index in [1.807, 2.05) is 0 Å². The topological polar surface area (TPSA) is 82.2 Å². The van der Waals surface area contributed by atoms with Gasteiger partial charge in [-0.15, -0.1) is 0 Å². The average Bonchev–Trinajstić information content (AvgIpc) is 2.14. The number of hydrogen-bond acceptors (Lipinski definition) is 3. The van der Waals surface area contributed by atoms with Crippen LogP contribution in [-0.2, 0) is 0 Å². The van der Waals surface area contributed by atoms with Gasteiger partial charge in [-0.1, -0.05) is 0 Å². The monoisotopic (exact) mass is 210 g/mol. The Morgan fingerprint density at radius 3 is 2.87 bits per heavy atom. The minimum Gasteiger partial charge on any atom is -0.392 e. The fourth-order valence-corrected chi connectivity index (χ4v) is 1.09. The molecule has 1 aromatic rings. The van der Waals surface area contributed by atoms with Crippen LogP contribution in [0.3, 0.4) is 0 Å². The molecule has 5 heteroatoms. The standard InChI is InChI=1S/C10H14N2O3/c1-6-3-9(14)8(5-11-6)10(15)12-4-7(2)13/h3,5,7,13H,4H2,1-2H3,(H,11,14)(H,12,15)/t7-/m1/s1. The van der Waals surface area contributed by atoms with Crippen LogP contribution in [0.2, 0.25) is 0 Å². The fourth-order valence-electron chi connectivity index (χ4n) is 1.09. The first-order chi connectivity index (χ1) is 7.00. The maximum absolute atomic E-state index is 11.4. The summed E-state index contributed by atoms with van der Waals surface area (Å²) >= 11 is 0. The van der Waals surface area contributed by atoms with Gasteiger partial charge in [0.1, 0.15) is 5.56 Å². The SMILES string of the molecule is Cc1cc(=O)c(C(=O)NC[C@@H](C)O)c[nH]1. The lowest BCUT2D eigenvalue weighted by atomic mass is 10.2. The lowest BCUT2D eigenvalue weighted by molar-refractivity contribution is 0.0922. The maximum Gasteiger partial charge on any atom is 0.256 e. The van der Waals surface area contributed by atoms with Crippen molar-refractivity contribution in [1.82, 2.24) is 10.3 Å². The molecule has 0 aliphatic carbocycles. The van der Waals surface area contributed by atoms with E-state index in [9.17, 15) is 9.59 Å². The molecule has 1 rings (SSSR count). The molecule has 0 saturated carbocycles. The zero-order chi connectivity index (χ0) is 11.4. The summed E-state index contributed by atoms with van der Waals surface area (Å²) in [7, 11) is 0. The quantitative estimate of drug-likeness (QED) is 0.645. The Balaban J connectivity index is 2.79. The first-order valence-electron chi connectivity index (χ1n) is 4.66. The Hall–Kier alpha value is -1.62. The number of carbonyl (C=O) groups excluding carboxylic acids is 1. The molecule has 1 aromatic heterocycles. The van der Waals surface area contributed by atoms with Crippen molar-refractivity contribution >= 4 is 5.91 Å². The highest BCUT2D eigenvalue weighted by Crippen LogP contribution is 1.92. The third kappa shape index (κ3) is 3.21. The highest BCUT2D eigenvalue weighted by molar-refractivity contribution is 5.93. The van der Waals surface area contributed by atoms with E-state index >= 15 is 0 Å². The number of nitrogens with one attached hydrogen (secondary N) is 2. The van der Waals surface area contributed by atoms with E-state index in [0.717, 1.165) is 0 Å². The molecular weight excluding hydrogens is 196 g/mol. The first-order valence-corrected chi connectivity index (χ1v) is 4.66. The summed E-state index contributed by atoms with van der Waals surface area (Å²) in [6.45, 7) is 3.42. The number of aromatic amines is 1. The minimum absolute atomic E-state index is 0.0567. The molecule has 0 saturated heterocycles. The van der Waals surface area contributed by atoms with E-state index in [-0.39, 0.29) is 17.5 Å². The number of amides is 1. The molecule has 0 aliphatic heterocycles. The lowest BCUT2D eigenvalue weighted by Crippen LogP contribution is -2.33. The summed E-state index contributed by atoms with van der Waals surface area (Å²) in [5.41, 5.74) is 0.433. The summed E-state index contributed by atoms with van der Waals surface area (Å²) in [6, 6.07) is 1.36. The van der Waals surface area contributed by atoms with Crippen LogP contribution >= 0.6 is 0 Å². The van der Waals surface area contributed by atoms with E-state index in [0.29, 0.717) is 5.69 Å². The number of aliphatic hydroxyl groups is 1. The summed E-state index contributed by atoms with van der Waals surface area (Å²) < 4.78 is 0. The van der Waals surface area contributed by atoms with Crippen molar-refractivity contribution in [3.05, 3.63) is 33.7 Å². The van der Waals surface area contributed by atoms with Crippen LogP contribution < -0.4 is 10.7 Å². The molecule has 1 heterocycles. The van der Waals surface area contributed by atoms with Crippen molar-refractivity contribution in [1.29, 1.82) is 0 Å². The number of rotatable bonds is 3. The van der Waals surface area contributed by atoms with Crippen LogP contribution in [0.25, 0.3) is 0 Å². The third-order valence-electron chi connectivity index (χ3n) is 1.86. The second kappa shape index (κ2) is 4.75. The largest absolute Gasteiger partial charge is 0.392 e. The fraction of sp³-hybridized carbons (Fsp3) is 0.400. The van der Waals surface area contributed by atoms with Gasteiger partial charge in [-0.05, 0) is 13.8 Å². The number of hydrogen-bond donors (Lipinski definition) is 3. The maximum atomic E-state index is 11.4. The van der Waals surface area contributed by atoms with Crippen LogP contribution in [0.5, 0.6) is 0 Å². The Kier molecular flexibility index (Phi) is 3.62. The van der Waals surface area contributed by atoms with E-state index in [4.69, 9.17) is 5.11 Å². The number of aliphatic hydroxyl groups excluding tert-OH is 1. The molecule has 3 N–H and O–H groups in total. The third-order valence-corrected chi connectivity index (χ3v) is 1.86. The number of H-pyrrole nitrogens is 1. The van der Waals surface area contributed by atoms with Gasteiger partial charge < -0.3 is 15.4 Å². The van der Waals surface area contributed by atoms with Crippen molar-refractivity contribution in [3.8, 4) is 0 Å². The molecule has 15 heavy (non-hydrogen) atoms. The molecule has 0 aliphatic rings. The van der Waals surface area contributed by atoms with E-state index in [1.54, 1.807) is 13.8 Å². The zero-order valence-corrected chi connectivity index (χ0v) is 8.70. The van der Waals surface area contributed by atoms with Gasteiger partial charge in [-0.2, -0.15) is 0 Å². The van der Waals surface area contributed by atoms with Crippen molar-refractivity contribution < 1.29 is 9.90 Å². The Morgan fingerprint density at radius 1 is 1.67 bits per heavy atom. The second-order valence-corrected chi connectivity index (χ2v) is 3.45. The van der Waals surface area contributed by atoms with Crippen molar-refractivity contribution in [2.24, 2.45) is 0 Å². The molecule has 0 aromatic carbocycles. The van der Waals surface area contributed by atoms with Crippen LogP contribution in [0.4, 0.5) is 0 Å². The second-order valence-electron chi connectivity index (χ2n) is 3.45. The molecule has 0 spiro atoms. The minimum atomic E-state index is -0.626. The van der Waals surface area contributed by atoms with Crippen LogP contribution in [0, 0.1) is 6.92 Å². The molecule has 1 atom stereocenters. The lowest BCUT2D eigenvalue weighted by Gasteiger charge is -2.06. The Bertz CT molecular complexity index is 409. The van der Waals surface area contributed by atoms with Crippen molar-refractivity contribution in [3.63, 3.8) is 0 Å². The van der Waals surface area contributed by atoms with Crippen LogP contribution in [0.15, 0.2) is 17.1 Å². The smallest absolute Gasteiger partial charge is 0.256 e. The first kappa shape index (κ1) is 11.5. The summed E-state index contributed by atoms with van der Waals surface area (Å²) in [5, 5.41) is 11.4. The highest BCUT2D eigenvalue weighted by atomic mass is 16.3. The van der Waals surface area contributed by atoms with Gasteiger partial charge in [0.2, 0.25) is 0 Å². The van der Waals surface area contributed by atoms with Gasteiger partial charge in [0.25, 0.3) is 5.91 Å². The summed E-state index contributed by atoms with van der Waals surface area (Å²) in [5.74, 6) is -0.475. The number of carbonyl (C=O) groups is 1. The van der Waals surface area contributed by atoms with Gasteiger partial charge >= 0.3 is 0 Å². The molecule has 0 bridgehead atoms. The molecular formula is C10H14N2O3. The highest BCUT2D eigenvalue weighted by Gasteiger charge is 2.10. The summed E-state index contributed by atoms with van der Waals surface area (Å²) in [4.78, 5) is 25.6. The van der Waals surface area contributed by atoms with Gasteiger partial charge in [-0.3, -0.25) is 9.59 Å². The van der Waals surface area contributed by atoms with E-state index in [2.05, 4.69) is 10.3 Å². The zero-order valence-electron chi connectivity index (χ0n) is 8.70. The predicted molar refractivity (Wildman–Crippen MR) is 55.8 cm³/mol. The van der Waals surface area contributed by atoms with Gasteiger partial charge in [0.15, 0.2) is 5.43 Å². The van der Waals surface area contributed by atoms with Crippen molar-refractivity contribution in [2.45, 2.75) is 20.0 Å². The summed E-state index contributed by atoms with van der Waals surface area (Å²) in [6.07, 6.45) is 0.744. The molecule has 0 fully saturated rings. The van der Waals surface area contributed by atoms with Gasteiger partial charge in [0.05, 0.1) is 6.10 Å². The molecule has 0 radical (unpaired) electrons. The molecule has 1 amide bonds. The normalized spacial score (nSPS) is 12.2. The van der Waals surface area contributed by atoms with Gasteiger partial charge in [0, 0.05) is 24.5 Å². The van der Waals surface area contributed by atoms with Crippen LogP contribution in [0.1, 0.15) is 23.0 Å². The Labute approximate surface area is 87.1 Å². The Morgan fingerprint density at radius 2 is 2.33 bits per heavy atom. The number of aromatic nitrogens is 1. The van der Waals surface area contributed by atoms with E-state index in [1.165, 1.54) is 12.3 Å². The molecule has 82 valence electrons. The number of aryl methyl sites for hydroxylation is 1. The number of pyridine rings is 1. The molecule has 5 nitrogen and oxygen atoms in total. The van der Waals surface area contributed by atoms with Crippen molar-refractivity contribution in [2.75, 3.05) is 6.54 Å². The average molecular weight is 210 g/mol. The van der Waals surface area contributed by atoms with Gasteiger partial charge in [-0.25, -0.2) is 0 Å².